The van der Waals surface area contributed by atoms with Gasteiger partial charge in [-0.25, -0.2) is 0 Å². The minimum absolute atomic E-state index is 0.0931. The van der Waals surface area contributed by atoms with Gasteiger partial charge in [0.25, 0.3) is 5.91 Å². The lowest BCUT2D eigenvalue weighted by molar-refractivity contribution is -0.139. The highest BCUT2D eigenvalue weighted by Gasteiger charge is 2.73. The number of fused-ring (bicyclic) bond motifs is 5. The number of carbonyl (C=O) groups excluding carboxylic acids is 6. The molecule has 0 aromatic heterocycles. The molecule has 4 N–H and O–H groups in total. The number of hydrogen-bond donors (Lipinski definition) is 4. The van der Waals surface area contributed by atoms with Crippen molar-refractivity contribution in [3.8, 4) is 23.0 Å². The maximum atomic E-state index is 14.8. The van der Waals surface area contributed by atoms with E-state index in [9.17, 15) is 28.8 Å². The van der Waals surface area contributed by atoms with Gasteiger partial charge in [0.15, 0.2) is 0 Å². The van der Waals surface area contributed by atoms with Gasteiger partial charge in [0.2, 0.25) is 29.5 Å². The Bertz CT molecular complexity index is 2670. The second kappa shape index (κ2) is 15.7. The number of hydrogen-bond acceptors (Lipinski definition) is 7. The van der Waals surface area contributed by atoms with Crippen LogP contribution < -0.4 is 21.3 Å². The molecule has 2 saturated carbocycles. The van der Waals surface area contributed by atoms with E-state index in [2.05, 4.69) is 40.0 Å². The Kier molecular flexibility index (Phi) is 10.2. The highest BCUT2D eigenvalue weighted by atomic mass is 35.5. The summed E-state index contributed by atoms with van der Waals surface area (Å²) in [5, 5.41) is 13.9. The largest absolute Gasteiger partial charge is 0.352 e. The smallest absolute Gasteiger partial charge is 0.255 e. The number of amides is 6. The van der Waals surface area contributed by atoms with Crippen molar-refractivity contribution in [1.82, 2.24) is 25.8 Å². The summed E-state index contributed by atoms with van der Waals surface area (Å²) in [5.41, 5.74) is 4.13. The van der Waals surface area contributed by atoms with Crippen molar-refractivity contribution in [2.45, 2.75) is 132 Å². The minimum atomic E-state index is -1.02. The van der Waals surface area contributed by atoms with E-state index in [-0.39, 0.29) is 59.9 Å². The van der Waals surface area contributed by atoms with Gasteiger partial charge in [-0.2, -0.15) is 0 Å². The first-order chi connectivity index (χ1) is 31.3. The number of carbonyl (C=O) groups is 6. The number of nitrogens with zero attached hydrogens (tertiary/aromatic N) is 2. The Balaban J connectivity index is 0.748. The van der Waals surface area contributed by atoms with Crippen LogP contribution in [0.1, 0.15) is 129 Å². The first-order valence-electron chi connectivity index (χ1n) is 23.4. The van der Waals surface area contributed by atoms with Gasteiger partial charge in [0.1, 0.15) is 11.5 Å². The molecule has 14 heteroatoms. The van der Waals surface area contributed by atoms with E-state index in [0.717, 1.165) is 78.3 Å². The lowest BCUT2D eigenvalue weighted by Crippen LogP contribution is -2.60. The van der Waals surface area contributed by atoms with Crippen molar-refractivity contribution < 1.29 is 28.8 Å². The van der Waals surface area contributed by atoms with E-state index < -0.39 is 34.9 Å². The summed E-state index contributed by atoms with van der Waals surface area (Å²) in [6.45, 7) is 3.59. The van der Waals surface area contributed by atoms with Crippen molar-refractivity contribution in [2.75, 3.05) is 18.4 Å². The fourth-order valence-corrected chi connectivity index (χ4v) is 13.6. The van der Waals surface area contributed by atoms with E-state index in [1.165, 1.54) is 0 Å². The molecular weight excluding hydrogens is 864 g/mol. The fraction of sp³-hybridized carbons (Fsp3) is 0.490. The molecule has 12 nitrogen and oxygen atoms in total. The summed E-state index contributed by atoms with van der Waals surface area (Å²) in [7, 11) is 0. The Hall–Kier alpha value is -5.22. The molecule has 3 saturated heterocycles. The summed E-state index contributed by atoms with van der Waals surface area (Å²) in [4.78, 5) is 84.8. The minimum Gasteiger partial charge on any atom is -0.352 e. The summed E-state index contributed by atoms with van der Waals surface area (Å²) >= 11 is 13.9. The Morgan fingerprint density at radius 3 is 2.35 bits per heavy atom. The normalized spacial score (nSPS) is 29.2. The summed E-state index contributed by atoms with van der Waals surface area (Å²) in [5.74, 6) is 5.17. The van der Waals surface area contributed by atoms with Crippen molar-refractivity contribution >= 4 is 64.3 Å². The number of likely N-dealkylation sites (tertiary alicyclic amines) is 1. The summed E-state index contributed by atoms with van der Waals surface area (Å²) < 4.78 is 0. The maximum Gasteiger partial charge on any atom is 0.255 e. The number of benzene rings is 3. The van der Waals surface area contributed by atoms with Gasteiger partial charge in [0, 0.05) is 87.9 Å². The Labute approximate surface area is 388 Å². The van der Waals surface area contributed by atoms with Crippen LogP contribution in [0.15, 0.2) is 48.5 Å². The molecule has 5 aliphatic heterocycles. The van der Waals surface area contributed by atoms with Gasteiger partial charge in [-0.15, -0.1) is 0 Å². The van der Waals surface area contributed by atoms with Crippen LogP contribution in [0.5, 0.6) is 0 Å². The van der Waals surface area contributed by atoms with Crippen LogP contribution in [0.4, 0.5) is 5.69 Å². The van der Waals surface area contributed by atoms with Crippen LogP contribution in [0.2, 0.25) is 10.0 Å². The van der Waals surface area contributed by atoms with E-state index >= 15 is 0 Å². The van der Waals surface area contributed by atoms with E-state index in [1.807, 2.05) is 47.4 Å². The first-order valence-corrected chi connectivity index (χ1v) is 24.2. The molecule has 0 radical (unpaired) electrons. The number of halogens is 2. The lowest BCUT2D eigenvalue weighted by atomic mass is 9.56. The first kappa shape index (κ1) is 42.4. The van der Waals surface area contributed by atoms with E-state index in [1.54, 1.807) is 11.0 Å². The predicted octanol–water partition coefficient (Wildman–Crippen LogP) is 6.74. The van der Waals surface area contributed by atoms with E-state index in [0.29, 0.717) is 66.5 Å². The molecular formula is C51H52Cl2N6O6. The Morgan fingerprint density at radius 1 is 0.846 bits per heavy atom. The molecule has 2 bridgehead atoms. The van der Waals surface area contributed by atoms with Gasteiger partial charge < -0.3 is 20.4 Å². The van der Waals surface area contributed by atoms with Crippen LogP contribution in [0.25, 0.3) is 11.1 Å². The highest BCUT2D eigenvalue weighted by molar-refractivity contribution is 6.37. The molecule has 11 rings (SSSR count). The third-order valence-corrected chi connectivity index (χ3v) is 17.1. The molecule has 1 unspecified atom stereocenters. The van der Waals surface area contributed by atoms with Crippen LogP contribution in [-0.4, -0.2) is 82.0 Å². The maximum absolute atomic E-state index is 14.8. The van der Waals surface area contributed by atoms with Gasteiger partial charge >= 0.3 is 0 Å². The average molecular weight is 916 g/mol. The summed E-state index contributed by atoms with van der Waals surface area (Å²) in [6, 6.07) is 13.7. The molecule has 5 heterocycles. The molecule has 3 aromatic rings. The Morgan fingerprint density at radius 2 is 1.60 bits per heavy atom. The molecule has 2 spiro atoms. The third-order valence-electron chi connectivity index (χ3n) is 16.4. The summed E-state index contributed by atoms with van der Waals surface area (Å²) in [6.07, 6.45) is 9.18. The van der Waals surface area contributed by atoms with Crippen LogP contribution in [0, 0.1) is 23.2 Å². The van der Waals surface area contributed by atoms with Gasteiger partial charge in [-0.1, -0.05) is 72.5 Å². The van der Waals surface area contributed by atoms with Gasteiger partial charge in [-0.3, -0.25) is 39.4 Å². The number of nitrogens with one attached hydrogen (secondary N) is 4. The number of anilines is 1. The molecule has 65 heavy (non-hydrogen) atoms. The van der Waals surface area contributed by atoms with Crippen molar-refractivity contribution in [2.24, 2.45) is 11.3 Å². The molecule has 8 aliphatic rings. The predicted molar refractivity (Wildman–Crippen MR) is 245 cm³/mol. The molecule has 5 fully saturated rings. The molecule has 4 atom stereocenters. The zero-order valence-electron chi connectivity index (χ0n) is 36.4. The van der Waals surface area contributed by atoms with Crippen LogP contribution in [-0.2, 0) is 35.9 Å². The third kappa shape index (κ3) is 6.57. The fourth-order valence-electron chi connectivity index (χ4n) is 13.1. The lowest BCUT2D eigenvalue weighted by Gasteiger charge is -2.46. The van der Waals surface area contributed by atoms with Crippen LogP contribution >= 0.6 is 23.2 Å². The second-order valence-electron chi connectivity index (χ2n) is 20.0. The zero-order chi connectivity index (χ0) is 45.0. The topological polar surface area (TPSA) is 157 Å². The second-order valence-corrected chi connectivity index (χ2v) is 20.8. The SMILES string of the molecule is CC1(C#Cc2cccc3c2CN(C2CCC(=O)NC2=O)C3=O)CCN(C(=O)C2CCC(NC(=O)[C@@H]3NC4(CCCCC4)[C@]45C(=O)Nc6cc(Cl)c(cc64)-c4c(Cl)cccc4[C@@H]35)CC2)CC1. The molecule has 3 aromatic carbocycles. The average Bonchev–Trinajstić information content (AvgIpc) is 3.86. The molecule has 6 amide bonds. The number of piperidine rings is 2. The monoisotopic (exact) mass is 914 g/mol. The van der Waals surface area contributed by atoms with E-state index in [4.69, 9.17) is 23.2 Å². The van der Waals surface area contributed by atoms with Crippen LogP contribution in [0.3, 0.4) is 0 Å². The molecule has 336 valence electrons. The highest BCUT2D eigenvalue weighted by Crippen LogP contribution is 2.66. The molecule has 3 aliphatic carbocycles. The zero-order valence-corrected chi connectivity index (χ0v) is 37.9. The van der Waals surface area contributed by atoms with Gasteiger partial charge in [-0.05, 0) is 112 Å². The van der Waals surface area contributed by atoms with Gasteiger partial charge in [0.05, 0.1) is 11.1 Å². The standard InChI is InChI=1S/C51H52Cl2N6O6/c1-49(20-17-28-7-5-8-31-34(28)27-59(47(31)64)39-15-16-40(60)56-44(39)61)21-23-58(24-22-49)46(63)29-11-13-30(14-12-29)54-45(62)43-42-32-9-6-10-36(52)41(32)33-25-35-38(26-37(33)53)55-48(65)51(35,42)50(57-43)18-3-2-4-19-50/h5-10,25-26,29-30,39,42-43,57H,2-4,11-16,18-19,21-24,27H2,1H3,(H,54,62)(H,55,65)(H,56,60,61)/t29?,30?,39?,42-,43+,51+/m0/s1. The number of rotatable bonds is 4. The number of imide groups is 1. The van der Waals surface area contributed by atoms with Crippen molar-refractivity contribution in [3.63, 3.8) is 0 Å². The quantitative estimate of drug-likeness (QED) is 0.167. The van der Waals surface area contributed by atoms with Crippen molar-refractivity contribution in [1.29, 1.82) is 0 Å². The van der Waals surface area contributed by atoms with Crippen molar-refractivity contribution in [3.05, 3.63) is 86.4 Å².